The van der Waals surface area contributed by atoms with E-state index in [-0.39, 0.29) is 18.4 Å². The van der Waals surface area contributed by atoms with Gasteiger partial charge in [0.05, 0.1) is 19.9 Å². The Labute approximate surface area is 236 Å². The molecule has 0 radical (unpaired) electrons. The highest BCUT2D eigenvalue weighted by Crippen LogP contribution is 2.32. The summed E-state index contributed by atoms with van der Waals surface area (Å²) in [5.74, 6) is 2.44. The number of benzene rings is 2. The standard InChI is InChI=1S/C31H39N5O4/c1-22(2)14-15-36(31(38)24-8-6-23(3)7-9-24)21-30(37)35-18-16-34(17-19-35)29-13-12-27(32-33-29)26-11-10-25(39-4)20-28(26)40-5/h6-13,20,22H,14-19,21H2,1-5H3. The Balaban J connectivity index is 1.37. The van der Waals surface area contributed by atoms with Gasteiger partial charge in [-0.2, -0.15) is 0 Å². The molecule has 1 saturated heterocycles. The first kappa shape index (κ1) is 28.9. The third-order valence-electron chi connectivity index (χ3n) is 7.18. The van der Waals surface area contributed by atoms with Gasteiger partial charge in [-0.1, -0.05) is 31.5 Å². The van der Waals surface area contributed by atoms with Crippen molar-refractivity contribution in [2.75, 3.05) is 58.4 Å². The SMILES string of the molecule is COc1ccc(-c2ccc(N3CCN(C(=O)CN(CCC(C)C)C(=O)c4ccc(C)cc4)CC3)nn2)c(OC)c1. The van der Waals surface area contributed by atoms with Crippen molar-refractivity contribution in [2.24, 2.45) is 5.92 Å². The molecule has 1 aliphatic rings. The molecule has 0 bridgehead atoms. The fourth-order valence-electron chi connectivity index (χ4n) is 4.64. The van der Waals surface area contributed by atoms with Gasteiger partial charge in [-0.15, -0.1) is 10.2 Å². The fraction of sp³-hybridized carbons (Fsp3) is 0.419. The normalized spacial score (nSPS) is 13.3. The number of ether oxygens (including phenoxy) is 2. The van der Waals surface area contributed by atoms with Crippen LogP contribution in [-0.2, 0) is 4.79 Å². The van der Waals surface area contributed by atoms with E-state index < -0.39 is 0 Å². The van der Waals surface area contributed by atoms with Gasteiger partial charge in [0.15, 0.2) is 5.82 Å². The number of rotatable bonds is 10. The predicted octanol–water partition coefficient (Wildman–Crippen LogP) is 4.31. The van der Waals surface area contributed by atoms with Gasteiger partial charge >= 0.3 is 0 Å². The Morgan fingerprint density at radius 1 is 0.925 bits per heavy atom. The lowest BCUT2D eigenvalue weighted by Gasteiger charge is -2.36. The lowest BCUT2D eigenvalue weighted by molar-refractivity contribution is -0.132. The van der Waals surface area contributed by atoms with Gasteiger partial charge in [0.2, 0.25) is 5.91 Å². The molecule has 0 N–H and O–H groups in total. The number of carbonyl (C=O) groups is 2. The first-order valence-electron chi connectivity index (χ1n) is 13.7. The minimum atomic E-state index is -0.100. The summed E-state index contributed by atoms with van der Waals surface area (Å²) in [6.07, 6.45) is 0.843. The van der Waals surface area contributed by atoms with Gasteiger partial charge in [0.1, 0.15) is 18.0 Å². The molecule has 0 spiro atoms. The molecule has 9 heteroatoms. The molecule has 0 aliphatic carbocycles. The molecule has 212 valence electrons. The second-order valence-corrected chi connectivity index (χ2v) is 10.5. The highest BCUT2D eigenvalue weighted by molar-refractivity contribution is 5.96. The van der Waals surface area contributed by atoms with Crippen LogP contribution in [0.5, 0.6) is 11.5 Å². The maximum atomic E-state index is 13.3. The molecular formula is C31H39N5O4. The van der Waals surface area contributed by atoms with E-state index in [1.54, 1.807) is 19.1 Å². The Morgan fingerprint density at radius 2 is 1.65 bits per heavy atom. The zero-order chi connectivity index (χ0) is 28.6. The van der Waals surface area contributed by atoms with Gasteiger partial charge in [0, 0.05) is 49.9 Å². The lowest BCUT2D eigenvalue weighted by Crippen LogP contribution is -2.52. The van der Waals surface area contributed by atoms with Crippen LogP contribution >= 0.6 is 0 Å². The summed E-state index contributed by atoms with van der Waals surface area (Å²) in [4.78, 5) is 32.2. The summed E-state index contributed by atoms with van der Waals surface area (Å²) in [6, 6.07) is 17.0. The second kappa shape index (κ2) is 13.3. The van der Waals surface area contributed by atoms with Crippen LogP contribution < -0.4 is 14.4 Å². The zero-order valence-corrected chi connectivity index (χ0v) is 24.1. The molecule has 40 heavy (non-hydrogen) atoms. The van der Waals surface area contributed by atoms with Gasteiger partial charge in [-0.25, -0.2) is 0 Å². The number of nitrogens with zero attached hydrogens (tertiary/aromatic N) is 5. The van der Waals surface area contributed by atoms with Gasteiger partial charge < -0.3 is 24.2 Å². The van der Waals surface area contributed by atoms with Crippen molar-refractivity contribution in [1.82, 2.24) is 20.0 Å². The summed E-state index contributed by atoms with van der Waals surface area (Å²) in [5.41, 5.74) is 3.25. The van der Waals surface area contributed by atoms with E-state index in [4.69, 9.17) is 9.47 Å². The van der Waals surface area contributed by atoms with Gasteiger partial charge in [0.25, 0.3) is 5.91 Å². The maximum Gasteiger partial charge on any atom is 0.254 e. The molecule has 4 rings (SSSR count). The third-order valence-corrected chi connectivity index (χ3v) is 7.18. The molecule has 0 saturated carbocycles. The molecule has 2 heterocycles. The molecule has 3 aromatic rings. The average molecular weight is 546 g/mol. The van der Waals surface area contributed by atoms with E-state index in [2.05, 4.69) is 28.9 Å². The number of carbonyl (C=O) groups excluding carboxylic acids is 2. The molecule has 1 fully saturated rings. The lowest BCUT2D eigenvalue weighted by atomic mass is 10.1. The van der Waals surface area contributed by atoms with E-state index in [1.165, 1.54) is 0 Å². The number of aromatic nitrogens is 2. The summed E-state index contributed by atoms with van der Waals surface area (Å²) in [7, 11) is 3.23. The topological polar surface area (TPSA) is 88.1 Å². The average Bonchev–Trinajstić information content (AvgIpc) is 2.99. The van der Waals surface area contributed by atoms with Crippen molar-refractivity contribution in [2.45, 2.75) is 27.2 Å². The summed E-state index contributed by atoms with van der Waals surface area (Å²) < 4.78 is 10.8. The number of aryl methyl sites for hydroxylation is 1. The minimum Gasteiger partial charge on any atom is -0.497 e. The Bertz CT molecular complexity index is 1290. The Kier molecular flexibility index (Phi) is 9.58. The minimum absolute atomic E-state index is 0.0306. The Morgan fingerprint density at radius 3 is 2.25 bits per heavy atom. The molecule has 2 aromatic carbocycles. The van der Waals surface area contributed by atoms with Crippen LogP contribution in [0, 0.1) is 12.8 Å². The van der Waals surface area contributed by atoms with Crippen LogP contribution in [0.4, 0.5) is 5.82 Å². The molecule has 1 aromatic heterocycles. The van der Waals surface area contributed by atoms with E-state index in [9.17, 15) is 9.59 Å². The van der Waals surface area contributed by atoms with Crippen molar-refractivity contribution in [3.63, 3.8) is 0 Å². The predicted molar refractivity (Wildman–Crippen MR) is 156 cm³/mol. The highest BCUT2D eigenvalue weighted by atomic mass is 16.5. The molecule has 2 amide bonds. The summed E-state index contributed by atoms with van der Waals surface area (Å²) >= 11 is 0. The Hall–Kier alpha value is -4.14. The van der Waals surface area contributed by atoms with Gasteiger partial charge in [-0.3, -0.25) is 9.59 Å². The number of anilines is 1. The molecule has 9 nitrogen and oxygen atoms in total. The number of hydrogen-bond acceptors (Lipinski definition) is 7. The van der Waals surface area contributed by atoms with Crippen LogP contribution in [0.1, 0.15) is 36.2 Å². The van der Waals surface area contributed by atoms with Gasteiger partial charge in [-0.05, 0) is 55.7 Å². The van der Waals surface area contributed by atoms with Crippen molar-refractivity contribution >= 4 is 17.6 Å². The third kappa shape index (κ3) is 7.08. The summed E-state index contributed by atoms with van der Waals surface area (Å²) in [6.45, 7) is 9.28. The first-order valence-corrected chi connectivity index (χ1v) is 13.7. The van der Waals surface area contributed by atoms with E-state index >= 15 is 0 Å². The van der Waals surface area contributed by atoms with Crippen LogP contribution in [0.3, 0.4) is 0 Å². The smallest absolute Gasteiger partial charge is 0.254 e. The van der Waals surface area contributed by atoms with Crippen molar-refractivity contribution < 1.29 is 19.1 Å². The van der Waals surface area contributed by atoms with Crippen LogP contribution in [0.15, 0.2) is 54.6 Å². The quantitative estimate of drug-likeness (QED) is 0.375. The first-order chi connectivity index (χ1) is 19.3. The van der Waals surface area contributed by atoms with Crippen LogP contribution in [0.25, 0.3) is 11.3 Å². The van der Waals surface area contributed by atoms with E-state index in [0.717, 1.165) is 23.4 Å². The highest BCUT2D eigenvalue weighted by Gasteiger charge is 2.26. The van der Waals surface area contributed by atoms with Crippen LogP contribution in [0.2, 0.25) is 0 Å². The van der Waals surface area contributed by atoms with E-state index in [1.807, 2.05) is 66.4 Å². The van der Waals surface area contributed by atoms with Crippen molar-refractivity contribution in [1.29, 1.82) is 0 Å². The maximum absolute atomic E-state index is 13.3. The molecule has 0 unspecified atom stereocenters. The monoisotopic (exact) mass is 545 g/mol. The second-order valence-electron chi connectivity index (χ2n) is 10.5. The number of amides is 2. The zero-order valence-electron chi connectivity index (χ0n) is 24.1. The van der Waals surface area contributed by atoms with Crippen LogP contribution in [-0.4, -0.2) is 85.3 Å². The summed E-state index contributed by atoms with van der Waals surface area (Å²) in [5, 5.41) is 8.88. The largest absolute Gasteiger partial charge is 0.497 e. The number of piperazine rings is 1. The van der Waals surface area contributed by atoms with Crippen molar-refractivity contribution in [3.8, 4) is 22.8 Å². The van der Waals surface area contributed by atoms with E-state index in [0.29, 0.717) is 61.4 Å². The number of hydrogen-bond donors (Lipinski definition) is 0. The number of methoxy groups -OCH3 is 2. The fourth-order valence-corrected chi connectivity index (χ4v) is 4.64. The molecule has 1 aliphatic heterocycles. The van der Waals surface area contributed by atoms with Crippen molar-refractivity contribution in [3.05, 3.63) is 65.7 Å². The molecular weight excluding hydrogens is 506 g/mol. The molecule has 0 atom stereocenters.